The van der Waals surface area contributed by atoms with Crippen LogP contribution in [-0.4, -0.2) is 56.5 Å². The zero-order valence-electron chi connectivity index (χ0n) is 5.66. The Bertz CT molecular complexity index is 153. The van der Waals surface area contributed by atoms with Gasteiger partial charge in [-0.3, -0.25) is 0 Å². The van der Waals surface area contributed by atoms with Gasteiger partial charge in [0.25, 0.3) is 0 Å². The third-order valence-corrected chi connectivity index (χ3v) is 2.84. The monoisotopic (exact) mass is 230 g/mol. The van der Waals surface area contributed by atoms with Crippen LogP contribution < -0.4 is 0 Å². The van der Waals surface area contributed by atoms with Crippen LogP contribution in [0.3, 0.4) is 0 Å². The molecule has 0 bridgehead atoms. The minimum absolute atomic E-state index is 0.711. The normalized spacial score (nSPS) is 17.9. The maximum atomic E-state index is 10.3. The molecule has 0 spiro atoms. The van der Waals surface area contributed by atoms with Crippen LogP contribution in [0.1, 0.15) is 0 Å². The quantitative estimate of drug-likeness (QED) is 0.329. The van der Waals surface area contributed by atoms with Gasteiger partial charge in [0, 0.05) is 0 Å². The first-order valence-electron chi connectivity index (χ1n) is 2.88. The SMILES string of the molecule is O=[As](O)(O)CC(O)C(O)CO. The molecule has 0 radical (unpaired) electrons. The molecule has 68 valence electrons. The summed E-state index contributed by atoms with van der Waals surface area (Å²) in [7, 11) is 0. The molecule has 0 aromatic heterocycles. The number of aliphatic hydroxyl groups excluding tert-OH is 3. The summed E-state index contributed by atoms with van der Waals surface area (Å²) in [6, 6.07) is 0. The predicted octanol–water partition coefficient (Wildman–Crippen LogP) is -2.95. The molecule has 0 rings (SSSR count). The summed E-state index contributed by atoms with van der Waals surface area (Å²) in [6.07, 6.45) is -3.04. The van der Waals surface area contributed by atoms with Gasteiger partial charge < -0.3 is 0 Å². The van der Waals surface area contributed by atoms with E-state index in [1.165, 1.54) is 0 Å². The Balaban J connectivity index is 3.87. The second-order valence-electron chi connectivity index (χ2n) is 2.16. The molecule has 11 heavy (non-hydrogen) atoms. The van der Waals surface area contributed by atoms with Crippen molar-refractivity contribution >= 4 is 14.2 Å². The van der Waals surface area contributed by atoms with Crippen LogP contribution in [0.4, 0.5) is 0 Å². The first-order valence-corrected chi connectivity index (χ1v) is 6.65. The van der Waals surface area contributed by atoms with Gasteiger partial charge in [-0.25, -0.2) is 0 Å². The number of aliphatic hydroxyl groups is 3. The molecule has 0 fully saturated rings. The summed E-state index contributed by atoms with van der Waals surface area (Å²) in [5.41, 5.74) is 0. The predicted molar refractivity (Wildman–Crippen MR) is 34.8 cm³/mol. The summed E-state index contributed by atoms with van der Waals surface area (Å²) in [5, 5.41) is 24.9. The molecule has 2 atom stereocenters. The summed E-state index contributed by atoms with van der Waals surface area (Å²) in [4.78, 5) is 0. The Labute approximate surface area is 66.1 Å². The molecule has 0 aliphatic heterocycles. The van der Waals surface area contributed by atoms with E-state index < -0.39 is 38.2 Å². The maximum absolute atomic E-state index is 10.3. The van der Waals surface area contributed by atoms with Gasteiger partial charge in [-0.15, -0.1) is 0 Å². The van der Waals surface area contributed by atoms with Crippen molar-refractivity contribution in [2.75, 3.05) is 6.61 Å². The average Bonchev–Trinajstić information content (AvgIpc) is 1.82. The Morgan fingerprint density at radius 2 is 1.64 bits per heavy atom. The van der Waals surface area contributed by atoms with Crippen molar-refractivity contribution in [2.45, 2.75) is 17.4 Å². The molecule has 6 nitrogen and oxygen atoms in total. The van der Waals surface area contributed by atoms with Crippen LogP contribution >= 0.6 is 0 Å². The molecule has 0 heterocycles. The molecule has 0 aliphatic carbocycles. The van der Waals surface area contributed by atoms with Gasteiger partial charge in [0.1, 0.15) is 0 Å². The van der Waals surface area contributed by atoms with Gasteiger partial charge >= 0.3 is 65.4 Å². The van der Waals surface area contributed by atoms with Crippen LogP contribution in [0.2, 0.25) is 5.21 Å². The number of hydrogen-bond donors (Lipinski definition) is 5. The van der Waals surface area contributed by atoms with Crippen LogP contribution in [0.15, 0.2) is 0 Å². The van der Waals surface area contributed by atoms with Gasteiger partial charge in [-0.1, -0.05) is 0 Å². The molecule has 2 unspecified atom stereocenters. The van der Waals surface area contributed by atoms with E-state index in [4.69, 9.17) is 23.5 Å². The van der Waals surface area contributed by atoms with Crippen molar-refractivity contribution in [3.05, 3.63) is 0 Å². The van der Waals surface area contributed by atoms with Gasteiger partial charge in [0.2, 0.25) is 0 Å². The van der Waals surface area contributed by atoms with E-state index in [-0.39, 0.29) is 0 Å². The molecule has 0 amide bonds. The Hall–Kier alpha value is 0.158. The van der Waals surface area contributed by atoms with E-state index in [1.807, 2.05) is 0 Å². The van der Waals surface area contributed by atoms with Crippen LogP contribution in [0.25, 0.3) is 0 Å². The van der Waals surface area contributed by atoms with Gasteiger partial charge in [0.05, 0.1) is 0 Å². The van der Waals surface area contributed by atoms with E-state index in [9.17, 15) is 3.74 Å². The molecule has 0 aromatic rings. The van der Waals surface area contributed by atoms with Crippen molar-refractivity contribution in [2.24, 2.45) is 0 Å². The second kappa shape index (κ2) is 4.25. The molecule has 7 heteroatoms. The standard InChI is InChI=1S/C4H11AsO6/c6-2-4(8)3(7)1-5(9,10)11/h3-4,6-8H,1-2H2,(H2,9,10,11). The zero-order chi connectivity index (χ0) is 9.07. The number of hydrogen-bond acceptors (Lipinski definition) is 4. The minimum atomic E-state index is -4.88. The second-order valence-corrected chi connectivity index (χ2v) is 5.72. The van der Waals surface area contributed by atoms with Crippen molar-refractivity contribution in [3.8, 4) is 0 Å². The Kier molecular flexibility index (Phi) is 4.31. The molecule has 0 aliphatic rings. The third-order valence-electron chi connectivity index (χ3n) is 1.06. The third kappa shape index (κ3) is 5.43. The molecule has 0 aromatic carbocycles. The van der Waals surface area contributed by atoms with Crippen molar-refractivity contribution < 1.29 is 27.3 Å². The topological polar surface area (TPSA) is 118 Å². The van der Waals surface area contributed by atoms with E-state index in [0.717, 1.165) is 0 Å². The molecule has 5 N–H and O–H groups in total. The summed E-state index contributed by atoms with van der Waals surface area (Å²) >= 11 is -4.88. The molecular formula is C4H11AsO6. The summed E-state index contributed by atoms with van der Waals surface area (Å²) < 4.78 is 27.0. The fourth-order valence-corrected chi connectivity index (χ4v) is 2.02. The van der Waals surface area contributed by atoms with E-state index in [1.54, 1.807) is 0 Å². The van der Waals surface area contributed by atoms with Crippen molar-refractivity contribution in [1.82, 2.24) is 0 Å². The van der Waals surface area contributed by atoms with E-state index in [0.29, 0.717) is 0 Å². The number of rotatable bonds is 4. The van der Waals surface area contributed by atoms with Crippen LogP contribution in [0, 0.1) is 0 Å². The van der Waals surface area contributed by atoms with E-state index in [2.05, 4.69) is 0 Å². The summed E-state index contributed by atoms with van der Waals surface area (Å²) in [6.45, 7) is -0.711. The molecular weight excluding hydrogens is 219 g/mol. The van der Waals surface area contributed by atoms with Gasteiger partial charge in [-0.05, 0) is 0 Å². The first-order chi connectivity index (χ1) is 4.87. The van der Waals surface area contributed by atoms with Crippen LogP contribution in [-0.2, 0) is 3.74 Å². The van der Waals surface area contributed by atoms with Crippen molar-refractivity contribution in [3.63, 3.8) is 0 Å². The molecule has 0 saturated heterocycles. The first kappa shape index (κ1) is 11.2. The van der Waals surface area contributed by atoms with Gasteiger partial charge in [-0.2, -0.15) is 0 Å². The Morgan fingerprint density at radius 3 is 1.91 bits per heavy atom. The summed E-state index contributed by atoms with van der Waals surface area (Å²) in [5.74, 6) is 0. The Morgan fingerprint density at radius 1 is 1.18 bits per heavy atom. The zero-order valence-corrected chi connectivity index (χ0v) is 7.54. The van der Waals surface area contributed by atoms with E-state index >= 15 is 0 Å². The van der Waals surface area contributed by atoms with Crippen LogP contribution in [0.5, 0.6) is 0 Å². The average molecular weight is 230 g/mol. The van der Waals surface area contributed by atoms with Gasteiger partial charge in [0.15, 0.2) is 0 Å². The fraction of sp³-hybridized carbons (Fsp3) is 1.00. The molecule has 0 saturated carbocycles. The van der Waals surface area contributed by atoms with Crippen molar-refractivity contribution in [1.29, 1.82) is 0 Å². The fourth-order valence-electron chi connectivity index (χ4n) is 0.487.